The Hall–Kier alpha value is -0.790. The lowest BCUT2D eigenvalue weighted by Crippen LogP contribution is -2.11. The fourth-order valence-corrected chi connectivity index (χ4v) is 4.18. The number of allylic oxidation sites excluding steroid dienone is 2. The number of hydrogen-bond donors (Lipinski definition) is 0. The Morgan fingerprint density at radius 3 is 1.59 bits per heavy atom. The van der Waals surface area contributed by atoms with Crippen LogP contribution in [0.4, 0.5) is 0 Å². The topological polar surface area (TPSA) is 26.3 Å². The molecule has 1 unspecified atom stereocenters. The summed E-state index contributed by atoms with van der Waals surface area (Å²) >= 11 is 0. The minimum atomic E-state index is 0.00837. The lowest BCUT2D eigenvalue weighted by atomic mass is 10.0. The summed E-state index contributed by atoms with van der Waals surface area (Å²) in [6.45, 7) is 7.37. The first-order valence-corrected chi connectivity index (χ1v) is 14.5. The lowest BCUT2D eigenvalue weighted by molar-refractivity contribution is -0.145. The van der Waals surface area contributed by atoms with Crippen LogP contribution in [-0.4, -0.2) is 12.6 Å². The monoisotopic (exact) mass is 450 g/mol. The molecule has 190 valence electrons. The molecule has 32 heavy (non-hydrogen) atoms. The molecule has 0 N–H and O–H groups in total. The highest BCUT2D eigenvalue weighted by Gasteiger charge is 2.07. The van der Waals surface area contributed by atoms with Crippen LogP contribution in [0.5, 0.6) is 0 Å². The average molecular weight is 451 g/mol. The number of rotatable bonds is 25. The first-order valence-electron chi connectivity index (χ1n) is 14.5. The molecule has 2 heteroatoms. The van der Waals surface area contributed by atoms with Gasteiger partial charge < -0.3 is 4.74 Å². The van der Waals surface area contributed by atoms with E-state index in [0.29, 0.717) is 18.9 Å². The van der Waals surface area contributed by atoms with Crippen LogP contribution in [0.1, 0.15) is 162 Å². The summed E-state index contributed by atoms with van der Waals surface area (Å²) in [5.41, 5.74) is 0. The van der Waals surface area contributed by atoms with Crippen molar-refractivity contribution in [3.05, 3.63) is 12.2 Å². The third-order valence-electron chi connectivity index (χ3n) is 6.47. The van der Waals surface area contributed by atoms with Gasteiger partial charge in [0.1, 0.15) is 0 Å². The largest absolute Gasteiger partial charge is 0.465 e. The smallest absolute Gasteiger partial charge is 0.305 e. The van der Waals surface area contributed by atoms with Crippen LogP contribution in [0.2, 0.25) is 0 Å². The van der Waals surface area contributed by atoms with Gasteiger partial charge in [0.15, 0.2) is 0 Å². The van der Waals surface area contributed by atoms with Crippen LogP contribution >= 0.6 is 0 Å². The molecule has 0 amide bonds. The maximum atomic E-state index is 11.9. The van der Waals surface area contributed by atoms with Gasteiger partial charge in [-0.25, -0.2) is 0 Å². The summed E-state index contributed by atoms with van der Waals surface area (Å²) in [5.74, 6) is 0.512. The van der Waals surface area contributed by atoms with Gasteiger partial charge in [0.2, 0.25) is 0 Å². The van der Waals surface area contributed by atoms with Crippen LogP contribution in [-0.2, 0) is 9.53 Å². The van der Waals surface area contributed by atoms with E-state index in [9.17, 15) is 4.79 Å². The summed E-state index contributed by atoms with van der Waals surface area (Å²) in [4.78, 5) is 11.9. The molecule has 0 aliphatic carbocycles. The maximum absolute atomic E-state index is 11.9. The second-order valence-electron chi connectivity index (χ2n) is 10.0. The Bertz CT molecular complexity index is 402. The summed E-state index contributed by atoms with van der Waals surface area (Å²) in [6.07, 6.45) is 32.7. The molecule has 0 saturated carbocycles. The van der Waals surface area contributed by atoms with Crippen molar-refractivity contribution < 1.29 is 9.53 Å². The number of hydrogen-bond acceptors (Lipinski definition) is 2. The number of carbonyl (C=O) groups is 1. The molecule has 2 nitrogen and oxygen atoms in total. The van der Waals surface area contributed by atoms with Crippen molar-refractivity contribution in [2.45, 2.75) is 162 Å². The molecule has 0 aromatic carbocycles. The first-order chi connectivity index (χ1) is 15.7. The molecular formula is C30H58O2. The second-order valence-corrected chi connectivity index (χ2v) is 10.0. The van der Waals surface area contributed by atoms with Crippen LogP contribution in [0.3, 0.4) is 0 Å². The number of carbonyl (C=O) groups excluding carboxylic acids is 1. The molecule has 0 heterocycles. The third kappa shape index (κ3) is 25.5. The predicted molar refractivity (Wildman–Crippen MR) is 142 cm³/mol. The molecule has 0 aromatic heterocycles. The van der Waals surface area contributed by atoms with Crippen LogP contribution in [0.25, 0.3) is 0 Å². The molecule has 0 aliphatic heterocycles. The summed E-state index contributed by atoms with van der Waals surface area (Å²) in [7, 11) is 0. The zero-order chi connectivity index (χ0) is 23.5. The van der Waals surface area contributed by atoms with Crippen molar-refractivity contribution in [3.8, 4) is 0 Å². The van der Waals surface area contributed by atoms with Gasteiger partial charge in [-0.1, -0.05) is 129 Å². The van der Waals surface area contributed by atoms with Gasteiger partial charge in [-0.05, 0) is 44.4 Å². The normalized spacial score (nSPS) is 12.5. The van der Waals surface area contributed by atoms with Crippen molar-refractivity contribution in [2.75, 3.05) is 6.61 Å². The molecule has 0 fully saturated rings. The first kappa shape index (κ1) is 31.2. The SMILES string of the molecule is CCCCCCCC/C=C\CCCCCCCC(=O)OCC(C)CCCCCCCCC. The van der Waals surface area contributed by atoms with Crippen molar-refractivity contribution in [3.63, 3.8) is 0 Å². The minimum absolute atomic E-state index is 0.00837. The van der Waals surface area contributed by atoms with Crippen molar-refractivity contribution in [1.29, 1.82) is 0 Å². The Kier molecular flexibility index (Phi) is 25.8. The fraction of sp³-hybridized carbons (Fsp3) is 0.900. The molecular weight excluding hydrogens is 392 g/mol. The third-order valence-corrected chi connectivity index (χ3v) is 6.47. The van der Waals surface area contributed by atoms with Crippen molar-refractivity contribution >= 4 is 5.97 Å². The van der Waals surface area contributed by atoms with Gasteiger partial charge >= 0.3 is 5.97 Å². The molecule has 0 bridgehead atoms. The molecule has 0 radical (unpaired) electrons. The molecule has 0 aliphatic rings. The molecule has 1 atom stereocenters. The zero-order valence-electron chi connectivity index (χ0n) is 22.3. The van der Waals surface area contributed by atoms with Gasteiger partial charge in [0, 0.05) is 6.42 Å². The van der Waals surface area contributed by atoms with Gasteiger partial charge in [-0.3, -0.25) is 4.79 Å². The van der Waals surface area contributed by atoms with Crippen molar-refractivity contribution in [2.24, 2.45) is 5.92 Å². The number of unbranched alkanes of at least 4 members (excludes halogenated alkanes) is 17. The van der Waals surface area contributed by atoms with E-state index in [0.717, 1.165) is 12.8 Å². The van der Waals surface area contributed by atoms with Gasteiger partial charge in [0.05, 0.1) is 6.61 Å². The Morgan fingerprint density at radius 2 is 1.06 bits per heavy atom. The highest BCUT2D eigenvalue weighted by molar-refractivity contribution is 5.69. The van der Waals surface area contributed by atoms with Gasteiger partial charge in [-0.2, -0.15) is 0 Å². The number of esters is 1. The van der Waals surface area contributed by atoms with Crippen molar-refractivity contribution in [1.82, 2.24) is 0 Å². The van der Waals surface area contributed by atoms with E-state index in [4.69, 9.17) is 4.74 Å². The second kappa shape index (κ2) is 26.5. The van der Waals surface area contributed by atoms with Crippen LogP contribution < -0.4 is 0 Å². The van der Waals surface area contributed by atoms with Crippen LogP contribution in [0.15, 0.2) is 12.2 Å². The quantitative estimate of drug-likeness (QED) is 0.0785. The van der Waals surface area contributed by atoms with E-state index in [2.05, 4.69) is 32.9 Å². The van der Waals surface area contributed by atoms with E-state index >= 15 is 0 Å². The van der Waals surface area contributed by atoms with Crippen LogP contribution in [0, 0.1) is 5.92 Å². The predicted octanol–water partition coefficient (Wildman–Crippen LogP) is 10.3. The Morgan fingerprint density at radius 1 is 0.625 bits per heavy atom. The highest BCUT2D eigenvalue weighted by atomic mass is 16.5. The van der Waals surface area contributed by atoms with Gasteiger partial charge in [0.25, 0.3) is 0 Å². The van der Waals surface area contributed by atoms with E-state index in [1.807, 2.05) is 0 Å². The minimum Gasteiger partial charge on any atom is -0.465 e. The van der Waals surface area contributed by atoms with E-state index < -0.39 is 0 Å². The Labute approximate surface area is 202 Å². The Balaban J connectivity index is 3.32. The maximum Gasteiger partial charge on any atom is 0.305 e. The molecule has 0 aromatic rings. The standard InChI is InChI=1S/C30H58O2/c1-4-6-8-10-12-13-14-15-16-17-18-19-21-23-25-27-30(31)32-28-29(3)26-24-22-20-11-9-7-5-2/h15-16,29H,4-14,17-28H2,1-3H3/b16-15-. The molecule has 0 rings (SSSR count). The van der Waals surface area contributed by atoms with E-state index in [1.54, 1.807) is 0 Å². The van der Waals surface area contributed by atoms with E-state index in [-0.39, 0.29) is 5.97 Å². The fourth-order valence-electron chi connectivity index (χ4n) is 4.18. The molecule has 0 spiro atoms. The number of ether oxygens (including phenoxy) is 1. The van der Waals surface area contributed by atoms with E-state index in [1.165, 1.54) is 122 Å². The summed E-state index contributed by atoms with van der Waals surface area (Å²) in [5, 5.41) is 0. The van der Waals surface area contributed by atoms with Gasteiger partial charge in [-0.15, -0.1) is 0 Å². The lowest BCUT2D eigenvalue weighted by Gasteiger charge is -2.12. The summed E-state index contributed by atoms with van der Waals surface area (Å²) < 4.78 is 5.49. The summed E-state index contributed by atoms with van der Waals surface area (Å²) in [6, 6.07) is 0. The average Bonchev–Trinajstić information content (AvgIpc) is 2.79. The molecule has 0 saturated heterocycles. The zero-order valence-corrected chi connectivity index (χ0v) is 22.3. The highest BCUT2D eigenvalue weighted by Crippen LogP contribution is 2.14.